The Morgan fingerprint density at radius 1 is 1.10 bits per heavy atom. The van der Waals surface area contributed by atoms with Gasteiger partial charge in [-0.05, 0) is 50.4 Å². The highest BCUT2D eigenvalue weighted by molar-refractivity contribution is 9.11. The number of hydrogen-bond donors (Lipinski definition) is 2. The first-order valence-electron chi connectivity index (χ1n) is 6.63. The van der Waals surface area contributed by atoms with Crippen LogP contribution in [-0.2, 0) is 0 Å². The Labute approximate surface area is 141 Å². The number of aromatic nitrogens is 1. The van der Waals surface area contributed by atoms with Crippen molar-refractivity contribution in [2.24, 2.45) is 0 Å². The second-order valence-corrected chi connectivity index (χ2v) is 6.19. The zero-order valence-corrected chi connectivity index (χ0v) is 15.1. The summed E-state index contributed by atoms with van der Waals surface area (Å²) in [7, 11) is 1.65. The number of pyridine rings is 1. The van der Waals surface area contributed by atoms with Crippen molar-refractivity contribution in [3.8, 4) is 5.75 Å². The minimum atomic E-state index is 0.772. The third kappa shape index (κ3) is 4.35. The molecule has 0 unspecified atom stereocenters. The molecule has 0 spiro atoms. The van der Waals surface area contributed by atoms with E-state index in [4.69, 9.17) is 4.74 Å². The summed E-state index contributed by atoms with van der Waals surface area (Å²) < 4.78 is 7.17. The average molecular weight is 415 g/mol. The molecule has 0 aliphatic rings. The molecule has 1 aromatic carbocycles. The Kier molecular flexibility index (Phi) is 5.87. The van der Waals surface area contributed by atoms with E-state index in [0.717, 1.165) is 44.7 Å². The van der Waals surface area contributed by atoms with Gasteiger partial charge in [0.25, 0.3) is 0 Å². The fourth-order valence-corrected chi connectivity index (χ4v) is 3.07. The Hall–Kier alpha value is -1.27. The van der Waals surface area contributed by atoms with E-state index in [1.807, 2.05) is 24.4 Å². The molecule has 0 aliphatic heterocycles. The van der Waals surface area contributed by atoms with E-state index in [9.17, 15) is 0 Å². The number of halogens is 2. The molecule has 21 heavy (non-hydrogen) atoms. The predicted octanol–water partition coefficient (Wildman–Crippen LogP) is 5.18. The summed E-state index contributed by atoms with van der Waals surface area (Å²) in [4.78, 5) is 4.24. The summed E-state index contributed by atoms with van der Waals surface area (Å²) >= 11 is 7.01. The van der Waals surface area contributed by atoms with Crippen LogP contribution < -0.4 is 15.4 Å². The molecule has 6 heteroatoms. The van der Waals surface area contributed by atoms with Crippen LogP contribution in [0, 0.1) is 0 Å². The van der Waals surface area contributed by atoms with E-state index in [1.165, 1.54) is 0 Å². The van der Waals surface area contributed by atoms with Gasteiger partial charge in [0.05, 0.1) is 41.0 Å². The lowest BCUT2D eigenvalue weighted by molar-refractivity contribution is 0.412. The van der Waals surface area contributed by atoms with Crippen molar-refractivity contribution in [1.82, 2.24) is 4.98 Å². The Morgan fingerprint density at radius 3 is 2.57 bits per heavy atom. The standard InChI is InChI=1S/C15H17Br2N3O/c1-3-4-19-10-5-11(9-18-8-10)20-14-7-15(21-2)13(17)6-12(14)16/h5-9,19-20H,3-4H2,1-2H3. The summed E-state index contributed by atoms with van der Waals surface area (Å²) in [5.41, 5.74) is 2.84. The predicted molar refractivity (Wildman–Crippen MR) is 94.7 cm³/mol. The first-order valence-corrected chi connectivity index (χ1v) is 8.21. The summed E-state index contributed by atoms with van der Waals surface area (Å²) in [5, 5.41) is 6.66. The maximum Gasteiger partial charge on any atom is 0.135 e. The number of benzene rings is 1. The van der Waals surface area contributed by atoms with Gasteiger partial charge in [-0.1, -0.05) is 6.92 Å². The molecule has 0 bridgehead atoms. The van der Waals surface area contributed by atoms with Crippen LogP contribution in [0.1, 0.15) is 13.3 Å². The van der Waals surface area contributed by atoms with Gasteiger partial charge in [0, 0.05) is 17.1 Å². The van der Waals surface area contributed by atoms with E-state index < -0.39 is 0 Å². The SMILES string of the molecule is CCCNc1cncc(Nc2cc(OC)c(Br)cc2Br)c1. The summed E-state index contributed by atoms with van der Waals surface area (Å²) in [6.45, 7) is 3.06. The monoisotopic (exact) mass is 413 g/mol. The second-order valence-electron chi connectivity index (χ2n) is 4.48. The quantitative estimate of drug-likeness (QED) is 0.683. The first kappa shape index (κ1) is 16.1. The number of nitrogens with zero attached hydrogens (tertiary/aromatic N) is 1. The topological polar surface area (TPSA) is 46.2 Å². The zero-order chi connectivity index (χ0) is 15.2. The Bertz CT molecular complexity index is 620. The Balaban J connectivity index is 2.21. The van der Waals surface area contributed by atoms with Crippen LogP contribution in [0.2, 0.25) is 0 Å². The van der Waals surface area contributed by atoms with Crippen LogP contribution in [0.25, 0.3) is 0 Å². The van der Waals surface area contributed by atoms with Crippen LogP contribution in [0.5, 0.6) is 5.75 Å². The molecular weight excluding hydrogens is 398 g/mol. The maximum absolute atomic E-state index is 5.32. The van der Waals surface area contributed by atoms with Crippen LogP contribution in [-0.4, -0.2) is 18.6 Å². The van der Waals surface area contributed by atoms with Gasteiger partial charge in [0.15, 0.2) is 0 Å². The van der Waals surface area contributed by atoms with Crippen LogP contribution in [0.15, 0.2) is 39.5 Å². The highest BCUT2D eigenvalue weighted by atomic mass is 79.9. The molecular formula is C15H17Br2N3O. The smallest absolute Gasteiger partial charge is 0.135 e. The highest BCUT2D eigenvalue weighted by Crippen LogP contribution is 2.36. The van der Waals surface area contributed by atoms with Gasteiger partial charge in [0.2, 0.25) is 0 Å². The Morgan fingerprint density at radius 2 is 1.86 bits per heavy atom. The normalized spacial score (nSPS) is 10.3. The van der Waals surface area contributed by atoms with E-state index in [0.29, 0.717) is 0 Å². The number of methoxy groups -OCH3 is 1. The van der Waals surface area contributed by atoms with Crippen LogP contribution in [0.3, 0.4) is 0 Å². The molecule has 112 valence electrons. The molecule has 2 N–H and O–H groups in total. The van der Waals surface area contributed by atoms with Gasteiger partial charge in [-0.15, -0.1) is 0 Å². The van der Waals surface area contributed by atoms with Gasteiger partial charge in [-0.2, -0.15) is 0 Å². The molecule has 0 aliphatic carbocycles. The molecule has 4 nitrogen and oxygen atoms in total. The van der Waals surface area contributed by atoms with Gasteiger partial charge >= 0.3 is 0 Å². The van der Waals surface area contributed by atoms with Gasteiger partial charge < -0.3 is 15.4 Å². The minimum Gasteiger partial charge on any atom is -0.495 e. The third-order valence-electron chi connectivity index (χ3n) is 2.84. The van der Waals surface area contributed by atoms with Crippen LogP contribution >= 0.6 is 31.9 Å². The van der Waals surface area contributed by atoms with Crippen molar-refractivity contribution >= 4 is 48.9 Å². The molecule has 0 saturated heterocycles. The number of hydrogen-bond acceptors (Lipinski definition) is 4. The molecule has 0 atom stereocenters. The van der Waals surface area contributed by atoms with Crippen LogP contribution in [0.4, 0.5) is 17.1 Å². The molecule has 0 saturated carbocycles. The van der Waals surface area contributed by atoms with Crippen molar-refractivity contribution in [1.29, 1.82) is 0 Å². The number of anilines is 3. The van der Waals surface area contributed by atoms with E-state index in [2.05, 4.69) is 54.4 Å². The van der Waals surface area contributed by atoms with Gasteiger partial charge in [-0.25, -0.2) is 0 Å². The lowest BCUT2D eigenvalue weighted by Gasteiger charge is -2.13. The molecule has 2 aromatic rings. The van der Waals surface area contributed by atoms with Gasteiger partial charge in [-0.3, -0.25) is 4.98 Å². The largest absolute Gasteiger partial charge is 0.495 e. The van der Waals surface area contributed by atoms with Gasteiger partial charge in [0.1, 0.15) is 5.75 Å². The second kappa shape index (κ2) is 7.66. The number of ether oxygens (including phenoxy) is 1. The van der Waals surface area contributed by atoms with E-state index >= 15 is 0 Å². The summed E-state index contributed by atoms with van der Waals surface area (Å²) in [6.07, 6.45) is 4.68. The average Bonchev–Trinajstić information content (AvgIpc) is 2.48. The summed E-state index contributed by atoms with van der Waals surface area (Å²) in [6, 6.07) is 5.91. The van der Waals surface area contributed by atoms with Crippen molar-refractivity contribution in [3.05, 3.63) is 39.5 Å². The van der Waals surface area contributed by atoms with Crippen molar-refractivity contribution in [2.45, 2.75) is 13.3 Å². The van der Waals surface area contributed by atoms with Crippen molar-refractivity contribution in [2.75, 3.05) is 24.3 Å². The minimum absolute atomic E-state index is 0.772. The fraction of sp³-hybridized carbons (Fsp3) is 0.267. The van der Waals surface area contributed by atoms with Crippen molar-refractivity contribution < 1.29 is 4.74 Å². The molecule has 1 aromatic heterocycles. The molecule has 0 fully saturated rings. The fourth-order valence-electron chi connectivity index (χ4n) is 1.81. The third-order valence-corrected chi connectivity index (χ3v) is 4.11. The summed E-state index contributed by atoms with van der Waals surface area (Å²) in [5.74, 6) is 0.772. The first-order chi connectivity index (χ1) is 10.1. The van der Waals surface area contributed by atoms with E-state index in [1.54, 1.807) is 13.3 Å². The zero-order valence-electron chi connectivity index (χ0n) is 11.9. The lowest BCUT2D eigenvalue weighted by Crippen LogP contribution is -2.01. The van der Waals surface area contributed by atoms with Crippen molar-refractivity contribution in [3.63, 3.8) is 0 Å². The molecule has 2 rings (SSSR count). The maximum atomic E-state index is 5.32. The number of rotatable bonds is 6. The lowest BCUT2D eigenvalue weighted by atomic mass is 10.2. The molecule has 0 amide bonds. The molecule has 1 heterocycles. The van der Waals surface area contributed by atoms with E-state index in [-0.39, 0.29) is 0 Å². The highest BCUT2D eigenvalue weighted by Gasteiger charge is 2.08. The molecule has 0 radical (unpaired) electrons. The number of nitrogens with one attached hydrogen (secondary N) is 2.